The minimum atomic E-state index is 0. The summed E-state index contributed by atoms with van der Waals surface area (Å²) in [6.07, 6.45) is 1.30. The van der Waals surface area contributed by atoms with Crippen LogP contribution in [0.25, 0.3) is 0 Å². The Morgan fingerprint density at radius 3 is 2.56 bits per heavy atom. The van der Waals surface area contributed by atoms with Gasteiger partial charge in [0.2, 0.25) is 0 Å². The minimum absolute atomic E-state index is 0. The molecule has 0 aliphatic carbocycles. The molecule has 1 fully saturated rings. The summed E-state index contributed by atoms with van der Waals surface area (Å²) in [6, 6.07) is 0. The van der Waals surface area contributed by atoms with Crippen molar-refractivity contribution >= 4 is 12.4 Å². The molecule has 0 spiro atoms. The van der Waals surface area contributed by atoms with Gasteiger partial charge in [-0.25, -0.2) is 0 Å². The van der Waals surface area contributed by atoms with E-state index in [1.165, 1.54) is 19.5 Å². The van der Waals surface area contributed by atoms with Gasteiger partial charge in [-0.2, -0.15) is 0 Å². The van der Waals surface area contributed by atoms with Crippen LogP contribution in [0.5, 0.6) is 0 Å². The van der Waals surface area contributed by atoms with Crippen LogP contribution in [0.1, 0.15) is 6.42 Å². The van der Waals surface area contributed by atoms with Crippen LogP contribution < -0.4 is 5.73 Å². The Labute approximate surface area is 62.8 Å². The van der Waals surface area contributed by atoms with Gasteiger partial charge in [-0.3, -0.25) is 0 Å². The first kappa shape index (κ1) is 9.21. The van der Waals surface area contributed by atoms with Crippen molar-refractivity contribution in [2.75, 3.05) is 26.7 Å². The van der Waals surface area contributed by atoms with Crippen molar-refractivity contribution in [1.29, 1.82) is 0 Å². The second kappa shape index (κ2) is 4.09. The van der Waals surface area contributed by atoms with E-state index in [4.69, 9.17) is 5.73 Å². The summed E-state index contributed by atoms with van der Waals surface area (Å²) in [6.45, 7) is 3.31. The molecule has 0 aromatic carbocycles. The van der Waals surface area contributed by atoms with E-state index in [9.17, 15) is 0 Å². The Kier molecular flexibility index (Phi) is 4.19. The van der Waals surface area contributed by atoms with Crippen molar-refractivity contribution in [2.24, 2.45) is 11.7 Å². The molecule has 9 heavy (non-hydrogen) atoms. The van der Waals surface area contributed by atoms with E-state index < -0.39 is 0 Å². The first-order chi connectivity index (χ1) is 3.83. The fourth-order valence-electron chi connectivity index (χ4n) is 1.22. The van der Waals surface area contributed by atoms with E-state index in [-0.39, 0.29) is 12.4 Å². The maximum Gasteiger partial charge on any atom is 0.00191 e. The molecule has 2 N–H and O–H groups in total. The Balaban J connectivity index is 0.000000640. The van der Waals surface area contributed by atoms with E-state index >= 15 is 0 Å². The molecule has 56 valence electrons. The molecule has 1 heterocycles. The Morgan fingerprint density at radius 1 is 1.67 bits per heavy atom. The van der Waals surface area contributed by atoms with Crippen LogP contribution in [0, 0.1) is 5.92 Å². The summed E-state index contributed by atoms with van der Waals surface area (Å²) in [5.41, 5.74) is 5.47. The molecule has 1 rings (SSSR count). The van der Waals surface area contributed by atoms with Crippen LogP contribution in [0.4, 0.5) is 0 Å². The van der Waals surface area contributed by atoms with Crippen LogP contribution in [0.3, 0.4) is 0 Å². The van der Waals surface area contributed by atoms with E-state index in [0.717, 1.165) is 12.5 Å². The fraction of sp³-hybridized carbons (Fsp3) is 1.00. The third-order valence-electron chi connectivity index (χ3n) is 1.82. The van der Waals surface area contributed by atoms with Crippen LogP contribution in [-0.4, -0.2) is 31.6 Å². The zero-order valence-electron chi connectivity index (χ0n) is 5.84. The summed E-state index contributed by atoms with van der Waals surface area (Å²) in [5, 5.41) is 0. The van der Waals surface area contributed by atoms with Gasteiger partial charge in [0, 0.05) is 6.54 Å². The standard InChI is InChI=1S/C6H14N2.ClH/c1-8-3-2-6(4-7)5-8;/h6H,2-5,7H2,1H3;1H. The molecule has 1 aliphatic rings. The van der Waals surface area contributed by atoms with Gasteiger partial charge in [0.15, 0.2) is 0 Å². The van der Waals surface area contributed by atoms with Crippen LogP contribution in [0.15, 0.2) is 0 Å². The highest BCUT2D eigenvalue weighted by molar-refractivity contribution is 5.85. The van der Waals surface area contributed by atoms with Crippen molar-refractivity contribution in [2.45, 2.75) is 6.42 Å². The average Bonchev–Trinajstić information content (AvgIpc) is 2.14. The summed E-state index contributed by atoms with van der Waals surface area (Å²) < 4.78 is 0. The zero-order chi connectivity index (χ0) is 5.98. The highest BCUT2D eigenvalue weighted by atomic mass is 35.5. The Bertz CT molecular complexity index is 77.5. The van der Waals surface area contributed by atoms with E-state index in [1.54, 1.807) is 0 Å². The van der Waals surface area contributed by atoms with Crippen LogP contribution in [0.2, 0.25) is 0 Å². The lowest BCUT2D eigenvalue weighted by atomic mass is 10.1. The molecule has 0 bridgehead atoms. The predicted molar refractivity (Wildman–Crippen MR) is 41.9 cm³/mol. The molecular weight excluding hydrogens is 136 g/mol. The molecule has 0 saturated carbocycles. The summed E-state index contributed by atoms with van der Waals surface area (Å²) in [4.78, 5) is 2.33. The molecule has 1 unspecified atom stereocenters. The normalized spacial score (nSPS) is 28.0. The Hall–Kier alpha value is 0.210. The van der Waals surface area contributed by atoms with Crippen molar-refractivity contribution in [3.63, 3.8) is 0 Å². The highest BCUT2D eigenvalue weighted by Crippen LogP contribution is 2.11. The van der Waals surface area contributed by atoms with Gasteiger partial charge < -0.3 is 10.6 Å². The molecule has 0 amide bonds. The molecule has 0 aromatic rings. The number of likely N-dealkylation sites (tertiary alicyclic amines) is 1. The van der Waals surface area contributed by atoms with Gasteiger partial charge in [0.25, 0.3) is 0 Å². The lowest BCUT2D eigenvalue weighted by Gasteiger charge is -2.05. The van der Waals surface area contributed by atoms with Crippen molar-refractivity contribution in [3.8, 4) is 0 Å². The summed E-state index contributed by atoms with van der Waals surface area (Å²) in [5.74, 6) is 0.778. The predicted octanol–water partition coefficient (Wildman–Crippen LogP) is 0.319. The molecular formula is C6H15ClN2. The quantitative estimate of drug-likeness (QED) is 0.584. The maximum absolute atomic E-state index is 5.47. The lowest BCUT2D eigenvalue weighted by molar-refractivity contribution is 0.397. The van der Waals surface area contributed by atoms with Gasteiger partial charge in [0.1, 0.15) is 0 Å². The van der Waals surface area contributed by atoms with E-state index in [2.05, 4.69) is 11.9 Å². The maximum atomic E-state index is 5.47. The molecule has 3 heteroatoms. The van der Waals surface area contributed by atoms with Gasteiger partial charge in [-0.15, -0.1) is 12.4 Å². The number of nitrogens with two attached hydrogens (primary N) is 1. The Morgan fingerprint density at radius 2 is 2.33 bits per heavy atom. The van der Waals surface area contributed by atoms with Gasteiger partial charge in [0.05, 0.1) is 0 Å². The van der Waals surface area contributed by atoms with Crippen molar-refractivity contribution in [3.05, 3.63) is 0 Å². The topological polar surface area (TPSA) is 29.3 Å². The second-order valence-electron chi connectivity index (χ2n) is 2.65. The number of hydrogen-bond donors (Lipinski definition) is 1. The third kappa shape index (κ3) is 2.52. The molecule has 2 nitrogen and oxygen atoms in total. The zero-order valence-corrected chi connectivity index (χ0v) is 6.66. The van der Waals surface area contributed by atoms with Gasteiger partial charge in [-0.05, 0) is 32.5 Å². The highest BCUT2D eigenvalue weighted by Gasteiger charge is 2.16. The van der Waals surface area contributed by atoms with E-state index in [0.29, 0.717) is 0 Å². The molecule has 1 atom stereocenters. The number of rotatable bonds is 1. The van der Waals surface area contributed by atoms with Crippen LogP contribution in [-0.2, 0) is 0 Å². The SMILES string of the molecule is CN1CCC(CN)C1.Cl. The van der Waals surface area contributed by atoms with E-state index in [1.807, 2.05) is 0 Å². The second-order valence-corrected chi connectivity index (χ2v) is 2.65. The lowest BCUT2D eigenvalue weighted by Crippen LogP contribution is -2.18. The first-order valence-electron chi connectivity index (χ1n) is 3.21. The number of nitrogens with zero attached hydrogens (tertiary/aromatic N) is 1. The number of halogens is 1. The van der Waals surface area contributed by atoms with Gasteiger partial charge >= 0.3 is 0 Å². The molecule has 1 saturated heterocycles. The van der Waals surface area contributed by atoms with Crippen molar-refractivity contribution in [1.82, 2.24) is 4.90 Å². The van der Waals surface area contributed by atoms with Gasteiger partial charge in [-0.1, -0.05) is 0 Å². The third-order valence-corrected chi connectivity index (χ3v) is 1.82. The summed E-state index contributed by atoms with van der Waals surface area (Å²) in [7, 11) is 2.15. The monoisotopic (exact) mass is 150 g/mol. The molecule has 0 aromatic heterocycles. The summed E-state index contributed by atoms with van der Waals surface area (Å²) >= 11 is 0. The fourth-order valence-corrected chi connectivity index (χ4v) is 1.22. The largest absolute Gasteiger partial charge is 0.330 e. The van der Waals surface area contributed by atoms with Crippen molar-refractivity contribution < 1.29 is 0 Å². The average molecular weight is 151 g/mol. The molecule has 0 radical (unpaired) electrons. The number of hydrogen-bond acceptors (Lipinski definition) is 2. The first-order valence-corrected chi connectivity index (χ1v) is 3.21. The van der Waals surface area contributed by atoms with Crippen LogP contribution >= 0.6 is 12.4 Å². The molecule has 1 aliphatic heterocycles. The smallest absolute Gasteiger partial charge is 0.00191 e. The minimum Gasteiger partial charge on any atom is -0.330 e.